The van der Waals surface area contributed by atoms with Gasteiger partial charge < -0.3 is 14.8 Å². The van der Waals surface area contributed by atoms with E-state index in [4.69, 9.17) is 9.47 Å². The second kappa shape index (κ2) is 8.30. The molecule has 4 aromatic rings. The number of fused-ring (bicyclic) bond motifs is 2. The molecule has 3 aromatic heterocycles. The molecule has 0 saturated carbocycles. The first kappa shape index (κ1) is 21.3. The molecule has 3 heterocycles. The lowest BCUT2D eigenvalue weighted by Gasteiger charge is -2.18. The first-order valence-electron chi connectivity index (χ1n) is 10.2. The van der Waals surface area contributed by atoms with Gasteiger partial charge in [-0.2, -0.15) is 0 Å². The third-order valence-electron chi connectivity index (χ3n) is 4.96. The van der Waals surface area contributed by atoms with Gasteiger partial charge in [0.05, 0.1) is 23.6 Å². The first-order valence-corrected chi connectivity index (χ1v) is 10.2. The molecule has 0 atom stereocenters. The van der Waals surface area contributed by atoms with Crippen LogP contribution in [0.5, 0.6) is 5.75 Å². The lowest BCUT2D eigenvalue weighted by atomic mass is 9.97. The van der Waals surface area contributed by atoms with Crippen molar-refractivity contribution in [1.82, 2.24) is 14.4 Å². The Labute approximate surface area is 184 Å². The molecule has 164 valence electrons. The van der Waals surface area contributed by atoms with Crippen molar-refractivity contribution >= 4 is 34.0 Å². The minimum absolute atomic E-state index is 0.209. The zero-order valence-corrected chi connectivity index (χ0v) is 18.4. The summed E-state index contributed by atoms with van der Waals surface area (Å²) in [7, 11) is 1.52. The number of carbonyl (C=O) groups excluding carboxylic acids is 1. The Bertz CT molecular complexity index is 1370. The molecular formula is C24H24N4O4. The number of methoxy groups -OCH3 is 1. The normalized spacial score (nSPS) is 11.5. The number of benzene rings is 1. The number of rotatable bonds is 5. The van der Waals surface area contributed by atoms with Gasteiger partial charge in [-0.25, -0.2) is 4.98 Å². The smallest absolute Gasteiger partial charge is 0.311 e. The number of esters is 1. The number of nitrogens with one attached hydrogen (secondary N) is 1. The second-order valence-corrected chi connectivity index (χ2v) is 8.38. The van der Waals surface area contributed by atoms with E-state index in [1.54, 1.807) is 45.3 Å². The standard InChI is InChI=1S/C24H24N4O4/c1-24(2,3)23(30)32-14-17-20(26-16-9-10-18-15(13-16)7-5-11-25-18)27-21-19(31-4)8-6-12-28(21)22(17)29/h5-13,26H,14H2,1-4H3. The molecule has 1 N–H and O–H groups in total. The van der Waals surface area contributed by atoms with Crippen molar-refractivity contribution < 1.29 is 14.3 Å². The summed E-state index contributed by atoms with van der Waals surface area (Å²) in [5.41, 5.74) is 1.13. The van der Waals surface area contributed by atoms with Crippen molar-refractivity contribution in [2.75, 3.05) is 12.4 Å². The summed E-state index contributed by atoms with van der Waals surface area (Å²) in [6.45, 7) is 5.06. The fraction of sp³-hybridized carbons (Fsp3) is 0.250. The Morgan fingerprint density at radius 3 is 2.72 bits per heavy atom. The predicted molar refractivity (Wildman–Crippen MR) is 122 cm³/mol. The number of aromatic nitrogens is 3. The van der Waals surface area contributed by atoms with Crippen molar-refractivity contribution in [3.63, 3.8) is 0 Å². The molecule has 0 saturated heterocycles. The Balaban J connectivity index is 1.81. The van der Waals surface area contributed by atoms with Crippen molar-refractivity contribution in [3.05, 3.63) is 70.8 Å². The molecule has 0 bridgehead atoms. The molecular weight excluding hydrogens is 408 g/mol. The number of hydrogen-bond donors (Lipinski definition) is 1. The van der Waals surface area contributed by atoms with Gasteiger partial charge in [-0.15, -0.1) is 0 Å². The van der Waals surface area contributed by atoms with Gasteiger partial charge >= 0.3 is 5.97 Å². The van der Waals surface area contributed by atoms with E-state index in [1.165, 1.54) is 11.5 Å². The van der Waals surface area contributed by atoms with Crippen LogP contribution < -0.4 is 15.6 Å². The molecule has 0 unspecified atom stereocenters. The lowest BCUT2D eigenvalue weighted by molar-refractivity contribution is -0.154. The van der Waals surface area contributed by atoms with E-state index in [0.717, 1.165) is 16.6 Å². The molecule has 0 spiro atoms. The van der Waals surface area contributed by atoms with Gasteiger partial charge in [-0.05, 0) is 57.2 Å². The van der Waals surface area contributed by atoms with Gasteiger partial charge in [0, 0.05) is 23.5 Å². The van der Waals surface area contributed by atoms with Crippen LogP contribution in [0.25, 0.3) is 16.6 Å². The highest BCUT2D eigenvalue weighted by atomic mass is 16.5. The van der Waals surface area contributed by atoms with Gasteiger partial charge in [0.15, 0.2) is 11.4 Å². The molecule has 4 rings (SSSR count). The quantitative estimate of drug-likeness (QED) is 0.475. The molecule has 0 amide bonds. The fourth-order valence-electron chi connectivity index (χ4n) is 3.21. The average molecular weight is 432 g/mol. The molecule has 0 radical (unpaired) electrons. The van der Waals surface area contributed by atoms with Crippen LogP contribution in [0.3, 0.4) is 0 Å². The highest BCUT2D eigenvalue weighted by molar-refractivity contribution is 5.83. The predicted octanol–water partition coefficient (Wildman–Crippen LogP) is 4.08. The summed E-state index contributed by atoms with van der Waals surface area (Å²) in [6, 6.07) is 12.9. The molecule has 0 aliphatic rings. The summed E-state index contributed by atoms with van der Waals surface area (Å²) >= 11 is 0. The van der Waals surface area contributed by atoms with Crippen LogP contribution in [0.4, 0.5) is 11.5 Å². The van der Waals surface area contributed by atoms with E-state index in [-0.39, 0.29) is 17.7 Å². The summed E-state index contributed by atoms with van der Waals surface area (Å²) in [5.74, 6) is 0.341. The highest BCUT2D eigenvalue weighted by Crippen LogP contribution is 2.25. The van der Waals surface area contributed by atoms with E-state index in [9.17, 15) is 9.59 Å². The van der Waals surface area contributed by atoms with Crippen LogP contribution in [0.2, 0.25) is 0 Å². The lowest BCUT2D eigenvalue weighted by Crippen LogP contribution is -2.27. The SMILES string of the molecule is COc1cccn2c(=O)c(COC(=O)C(C)(C)C)c(Nc3ccc4ncccc4c3)nc12. The Kier molecular flexibility index (Phi) is 5.52. The minimum Gasteiger partial charge on any atom is -0.493 e. The van der Waals surface area contributed by atoms with Gasteiger partial charge in [-0.1, -0.05) is 6.07 Å². The molecule has 0 aliphatic carbocycles. The summed E-state index contributed by atoms with van der Waals surface area (Å²) in [5, 5.41) is 4.15. The van der Waals surface area contributed by atoms with Gasteiger partial charge in [-0.3, -0.25) is 19.0 Å². The van der Waals surface area contributed by atoms with Gasteiger partial charge in [0.1, 0.15) is 12.4 Å². The van der Waals surface area contributed by atoms with E-state index < -0.39 is 11.4 Å². The number of ether oxygens (including phenoxy) is 2. The molecule has 8 nitrogen and oxygen atoms in total. The maximum absolute atomic E-state index is 13.3. The van der Waals surface area contributed by atoms with Crippen LogP contribution in [0, 0.1) is 5.41 Å². The zero-order valence-electron chi connectivity index (χ0n) is 18.4. The van der Waals surface area contributed by atoms with Crippen molar-refractivity contribution in [2.24, 2.45) is 5.41 Å². The third-order valence-corrected chi connectivity index (χ3v) is 4.96. The van der Waals surface area contributed by atoms with Crippen LogP contribution in [0.15, 0.2) is 59.7 Å². The number of anilines is 2. The molecule has 1 aromatic carbocycles. The highest BCUT2D eigenvalue weighted by Gasteiger charge is 2.25. The zero-order chi connectivity index (χ0) is 22.9. The summed E-state index contributed by atoms with van der Waals surface area (Å²) in [6.07, 6.45) is 3.34. The second-order valence-electron chi connectivity index (χ2n) is 8.38. The summed E-state index contributed by atoms with van der Waals surface area (Å²) in [4.78, 5) is 34.6. The maximum Gasteiger partial charge on any atom is 0.311 e. The van der Waals surface area contributed by atoms with E-state index >= 15 is 0 Å². The van der Waals surface area contributed by atoms with Gasteiger partial charge in [0.2, 0.25) is 0 Å². The van der Waals surface area contributed by atoms with Gasteiger partial charge in [0.25, 0.3) is 5.56 Å². The monoisotopic (exact) mass is 432 g/mol. The molecule has 32 heavy (non-hydrogen) atoms. The fourth-order valence-corrected chi connectivity index (χ4v) is 3.21. The Morgan fingerprint density at radius 2 is 1.97 bits per heavy atom. The number of pyridine rings is 2. The maximum atomic E-state index is 13.3. The molecule has 8 heteroatoms. The average Bonchev–Trinajstić information content (AvgIpc) is 2.77. The van der Waals surface area contributed by atoms with E-state index in [2.05, 4.69) is 15.3 Å². The topological polar surface area (TPSA) is 94.8 Å². The van der Waals surface area contributed by atoms with Crippen LogP contribution in [-0.4, -0.2) is 27.4 Å². The molecule has 0 fully saturated rings. The largest absolute Gasteiger partial charge is 0.493 e. The Hall–Kier alpha value is -3.94. The first-order chi connectivity index (χ1) is 15.3. The van der Waals surface area contributed by atoms with E-state index in [0.29, 0.717) is 17.2 Å². The number of carbonyl (C=O) groups is 1. The van der Waals surface area contributed by atoms with Crippen molar-refractivity contribution in [1.29, 1.82) is 0 Å². The molecule has 0 aliphatic heterocycles. The van der Waals surface area contributed by atoms with Crippen molar-refractivity contribution in [2.45, 2.75) is 27.4 Å². The Morgan fingerprint density at radius 1 is 1.16 bits per heavy atom. The number of hydrogen-bond acceptors (Lipinski definition) is 7. The van der Waals surface area contributed by atoms with Crippen LogP contribution >= 0.6 is 0 Å². The number of nitrogens with zero attached hydrogens (tertiary/aromatic N) is 3. The third kappa shape index (κ3) is 4.12. The van der Waals surface area contributed by atoms with Crippen molar-refractivity contribution in [3.8, 4) is 5.75 Å². The van der Waals surface area contributed by atoms with Crippen LogP contribution in [-0.2, 0) is 16.1 Å². The van der Waals surface area contributed by atoms with Crippen LogP contribution in [0.1, 0.15) is 26.3 Å². The van der Waals surface area contributed by atoms with E-state index in [1.807, 2.05) is 30.3 Å². The minimum atomic E-state index is -0.692. The summed E-state index contributed by atoms with van der Waals surface area (Å²) < 4.78 is 12.2.